The van der Waals surface area contributed by atoms with Crippen LogP contribution in [0.4, 0.5) is 4.79 Å². The van der Waals surface area contributed by atoms with Crippen molar-refractivity contribution in [3.05, 3.63) is 35.9 Å². The second-order valence-electron chi connectivity index (χ2n) is 6.73. The zero-order chi connectivity index (χ0) is 17.8. The van der Waals surface area contributed by atoms with E-state index in [0.717, 1.165) is 24.8 Å². The van der Waals surface area contributed by atoms with E-state index in [-0.39, 0.29) is 30.3 Å². The molecule has 1 aromatic carbocycles. The Morgan fingerprint density at radius 3 is 2.68 bits per heavy atom. The van der Waals surface area contributed by atoms with Crippen LogP contribution in [0, 0.1) is 11.8 Å². The van der Waals surface area contributed by atoms with Gasteiger partial charge in [-0.2, -0.15) is 0 Å². The minimum absolute atomic E-state index is 0.119. The number of benzene rings is 1. The first kappa shape index (κ1) is 17.5. The largest absolute Gasteiger partial charge is 0.508 e. The van der Waals surface area contributed by atoms with Crippen molar-refractivity contribution in [3.63, 3.8) is 0 Å². The highest BCUT2D eigenvalue weighted by atomic mass is 16.7. The third-order valence-electron chi connectivity index (χ3n) is 5.02. The van der Waals surface area contributed by atoms with E-state index in [2.05, 4.69) is 5.32 Å². The molecule has 3 rings (SSSR count). The van der Waals surface area contributed by atoms with Crippen LogP contribution in [0.15, 0.2) is 30.3 Å². The molecular formula is C19H23NO5. The number of ketones is 1. The molecule has 25 heavy (non-hydrogen) atoms. The highest BCUT2D eigenvalue weighted by Crippen LogP contribution is 2.34. The number of Topliss-reactive ketones (excluding diaryl/α,β-unsaturated/α-hetero) is 1. The van der Waals surface area contributed by atoms with Gasteiger partial charge in [-0.05, 0) is 25.3 Å². The second kappa shape index (κ2) is 7.68. The normalized spacial score (nSPS) is 27.0. The monoisotopic (exact) mass is 345 g/mol. The first-order chi connectivity index (χ1) is 12.1. The number of hydrogen-bond acceptors (Lipinski definition) is 5. The van der Waals surface area contributed by atoms with E-state index in [0.29, 0.717) is 6.42 Å². The molecule has 0 spiro atoms. The van der Waals surface area contributed by atoms with Gasteiger partial charge < -0.3 is 14.8 Å². The second-order valence-corrected chi connectivity index (χ2v) is 6.73. The number of ether oxygens (including phenoxy) is 2. The van der Waals surface area contributed by atoms with E-state index >= 15 is 0 Å². The summed E-state index contributed by atoms with van der Waals surface area (Å²) in [5, 5.41) is 2.81. The van der Waals surface area contributed by atoms with E-state index in [4.69, 9.17) is 9.47 Å². The van der Waals surface area contributed by atoms with Gasteiger partial charge in [0, 0.05) is 12.3 Å². The van der Waals surface area contributed by atoms with Crippen molar-refractivity contribution < 1.29 is 23.9 Å². The van der Waals surface area contributed by atoms with Crippen LogP contribution in [0.1, 0.15) is 38.2 Å². The van der Waals surface area contributed by atoms with Crippen LogP contribution in [0.2, 0.25) is 0 Å². The summed E-state index contributed by atoms with van der Waals surface area (Å²) in [6, 6.07) is 9.05. The highest BCUT2D eigenvalue weighted by Gasteiger charge is 2.50. The molecule has 0 bridgehead atoms. The summed E-state index contributed by atoms with van der Waals surface area (Å²) in [6.45, 7) is 1.79. The molecule has 1 amide bonds. The Kier molecular flexibility index (Phi) is 5.36. The molecule has 6 nitrogen and oxygen atoms in total. The molecule has 1 aliphatic heterocycles. The first-order valence-electron chi connectivity index (χ1n) is 8.76. The minimum Gasteiger partial charge on any atom is -0.430 e. The molecule has 0 radical (unpaired) electrons. The molecule has 4 atom stereocenters. The van der Waals surface area contributed by atoms with Crippen molar-refractivity contribution in [1.29, 1.82) is 0 Å². The number of carbonyl (C=O) groups excluding carboxylic acids is 3. The SMILES string of the molecule is C[C@@H](OC(=O)OCc1ccccc1)[C@H]1C(=O)N[C@@H]1[C@H]1CCCCC1=O. The number of amides is 1. The van der Waals surface area contributed by atoms with Gasteiger partial charge in [0.2, 0.25) is 5.91 Å². The predicted octanol–water partition coefficient (Wildman–Crippen LogP) is 2.60. The Bertz CT molecular complexity index is 644. The Balaban J connectivity index is 1.52. The van der Waals surface area contributed by atoms with Crippen molar-refractivity contribution in [3.8, 4) is 0 Å². The molecule has 2 fully saturated rings. The summed E-state index contributed by atoms with van der Waals surface area (Å²) in [5.74, 6) is -0.633. The molecule has 1 N–H and O–H groups in total. The van der Waals surface area contributed by atoms with Gasteiger partial charge in [0.25, 0.3) is 0 Å². The van der Waals surface area contributed by atoms with Gasteiger partial charge in [-0.1, -0.05) is 36.8 Å². The molecule has 0 aromatic heterocycles. The van der Waals surface area contributed by atoms with Gasteiger partial charge in [-0.15, -0.1) is 0 Å². The van der Waals surface area contributed by atoms with E-state index in [1.165, 1.54) is 0 Å². The average molecular weight is 345 g/mol. The summed E-state index contributed by atoms with van der Waals surface area (Å²) in [6.07, 6.45) is 1.83. The van der Waals surface area contributed by atoms with Crippen LogP contribution < -0.4 is 5.32 Å². The lowest BCUT2D eigenvalue weighted by Gasteiger charge is -2.44. The van der Waals surface area contributed by atoms with Crippen LogP contribution in [0.3, 0.4) is 0 Å². The number of hydrogen-bond donors (Lipinski definition) is 1. The lowest BCUT2D eigenvalue weighted by molar-refractivity contribution is -0.147. The van der Waals surface area contributed by atoms with Gasteiger partial charge in [0.15, 0.2) is 0 Å². The number of carbonyl (C=O) groups is 3. The summed E-state index contributed by atoms with van der Waals surface area (Å²) >= 11 is 0. The molecule has 2 aliphatic rings. The molecule has 1 heterocycles. The van der Waals surface area contributed by atoms with Gasteiger partial charge in [-0.25, -0.2) is 4.79 Å². The van der Waals surface area contributed by atoms with Crippen molar-refractivity contribution in [2.24, 2.45) is 11.8 Å². The van der Waals surface area contributed by atoms with Crippen LogP contribution in [-0.4, -0.2) is 30.0 Å². The van der Waals surface area contributed by atoms with E-state index < -0.39 is 18.2 Å². The number of rotatable bonds is 5. The predicted molar refractivity (Wildman–Crippen MR) is 89.6 cm³/mol. The lowest BCUT2D eigenvalue weighted by atomic mass is 9.72. The number of nitrogens with one attached hydrogen (secondary N) is 1. The van der Waals surface area contributed by atoms with Crippen LogP contribution >= 0.6 is 0 Å². The van der Waals surface area contributed by atoms with E-state index in [1.807, 2.05) is 30.3 Å². The fourth-order valence-electron chi connectivity index (χ4n) is 3.64. The molecular weight excluding hydrogens is 322 g/mol. The summed E-state index contributed by atoms with van der Waals surface area (Å²) in [4.78, 5) is 35.9. The Labute approximate surface area is 146 Å². The maximum Gasteiger partial charge on any atom is 0.508 e. The minimum atomic E-state index is -0.801. The van der Waals surface area contributed by atoms with Gasteiger partial charge in [0.05, 0.1) is 12.0 Å². The Hall–Kier alpha value is -2.37. The third kappa shape index (κ3) is 4.00. The van der Waals surface area contributed by atoms with Crippen molar-refractivity contribution in [1.82, 2.24) is 5.32 Å². The molecule has 1 saturated heterocycles. The molecule has 1 aliphatic carbocycles. The molecule has 1 aromatic rings. The van der Waals surface area contributed by atoms with E-state index in [1.54, 1.807) is 6.92 Å². The summed E-state index contributed by atoms with van der Waals surface area (Å²) in [5.41, 5.74) is 0.860. The van der Waals surface area contributed by atoms with Crippen molar-refractivity contribution in [2.75, 3.05) is 0 Å². The maximum absolute atomic E-state index is 12.1. The topological polar surface area (TPSA) is 81.7 Å². The molecule has 0 unspecified atom stereocenters. The fourth-order valence-corrected chi connectivity index (χ4v) is 3.64. The fraction of sp³-hybridized carbons (Fsp3) is 0.526. The maximum atomic E-state index is 12.1. The zero-order valence-corrected chi connectivity index (χ0v) is 14.3. The van der Waals surface area contributed by atoms with Crippen molar-refractivity contribution >= 4 is 17.8 Å². The zero-order valence-electron chi connectivity index (χ0n) is 14.3. The molecule has 6 heteroatoms. The lowest BCUT2D eigenvalue weighted by Crippen LogP contribution is -2.66. The Morgan fingerprint density at radius 1 is 1.24 bits per heavy atom. The first-order valence-corrected chi connectivity index (χ1v) is 8.76. The van der Waals surface area contributed by atoms with Crippen LogP contribution in [0.5, 0.6) is 0 Å². The van der Waals surface area contributed by atoms with Crippen LogP contribution in [-0.2, 0) is 25.7 Å². The standard InChI is InChI=1S/C19H23NO5/c1-12(25-19(23)24-11-13-7-3-2-4-8-13)16-17(20-18(16)22)14-9-5-6-10-15(14)21/h2-4,7-8,12,14,16-17H,5-6,9-11H2,1H3,(H,20,22)/t12-,14+,16-,17-/m1/s1. The highest BCUT2D eigenvalue weighted by molar-refractivity contribution is 5.91. The number of β-lactam (4-membered cyclic amide) rings is 1. The quantitative estimate of drug-likeness (QED) is 0.655. The van der Waals surface area contributed by atoms with Crippen LogP contribution in [0.25, 0.3) is 0 Å². The molecule has 1 saturated carbocycles. The summed E-state index contributed by atoms with van der Waals surface area (Å²) in [7, 11) is 0. The van der Waals surface area contributed by atoms with Gasteiger partial charge in [-0.3, -0.25) is 9.59 Å². The van der Waals surface area contributed by atoms with E-state index in [9.17, 15) is 14.4 Å². The summed E-state index contributed by atoms with van der Waals surface area (Å²) < 4.78 is 10.4. The smallest absolute Gasteiger partial charge is 0.430 e. The van der Waals surface area contributed by atoms with Crippen molar-refractivity contribution in [2.45, 2.75) is 51.4 Å². The molecule has 134 valence electrons. The van der Waals surface area contributed by atoms with Gasteiger partial charge >= 0.3 is 6.16 Å². The average Bonchev–Trinajstić information content (AvgIpc) is 2.59. The Morgan fingerprint density at radius 2 is 2.00 bits per heavy atom. The van der Waals surface area contributed by atoms with Gasteiger partial charge in [0.1, 0.15) is 18.5 Å². The third-order valence-corrected chi connectivity index (χ3v) is 5.02.